The van der Waals surface area contributed by atoms with Gasteiger partial charge in [0, 0.05) is 48.6 Å². The SMILES string of the molecule is CCC(CC)CN(CC1CCCCO1)c1ccc2nn([C@H](C)[C@](O)(Cn3cncn3)c3ccc(F)cc3F)cc2c1. The van der Waals surface area contributed by atoms with Crippen molar-refractivity contribution < 1.29 is 18.6 Å². The van der Waals surface area contributed by atoms with Crippen LogP contribution in [0.1, 0.15) is 64.5 Å². The van der Waals surface area contributed by atoms with Gasteiger partial charge in [-0.3, -0.25) is 4.68 Å². The molecule has 2 aromatic carbocycles. The van der Waals surface area contributed by atoms with Crippen LogP contribution in [0.25, 0.3) is 10.9 Å². The monoisotopic (exact) mass is 566 g/mol. The van der Waals surface area contributed by atoms with Crippen molar-refractivity contribution in [2.24, 2.45) is 5.92 Å². The van der Waals surface area contributed by atoms with Gasteiger partial charge in [0.25, 0.3) is 0 Å². The van der Waals surface area contributed by atoms with Gasteiger partial charge in [-0.05, 0) is 56.4 Å². The van der Waals surface area contributed by atoms with Crippen LogP contribution in [0.3, 0.4) is 0 Å². The molecule has 3 heterocycles. The first-order valence-corrected chi connectivity index (χ1v) is 14.7. The molecule has 220 valence electrons. The van der Waals surface area contributed by atoms with Gasteiger partial charge >= 0.3 is 0 Å². The van der Waals surface area contributed by atoms with Gasteiger partial charge in [0.05, 0.1) is 24.2 Å². The van der Waals surface area contributed by atoms with E-state index in [1.54, 1.807) is 11.6 Å². The van der Waals surface area contributed by atoms with Gasteiger partial charge in [0.1, 0.15) is 29.9 Å². The Morgan fingerprint density at radius 1 is 1.15 bits per heavy atom. The van der Waals surface area contributed by atoms with E-state index in [4.69, 9.17) is 9.84 Å². The number of aliphatic hydroxyl groups is 1. The predicted molar refractivity (Wildman–Crippen MR) is 155 cm³/mol. The Morgan fingerprint density at radius 2 is 1.98 bits per heavy atom. The zero-order valence-corrected chi connectivity index (χ0v) is 24.1. The van der Waals surface area contributed by atoms with Gasteiger partial charge in [-0.15, -0.1) is 0 Å². The standard InChI is InChI=1S/C31H40F2N6O2/c1-4-23(5-2)16-37(18-27-8-6-7-13-41-27)26-10-12-30-24(14-26)17-39(36-30)22(3)31(40,19-38-21-34-20-35-38)28-11-9-25(32)15-29(28)33/h9-12,14-15,17,20-23,27,40H,4-8,13,16,18-19H2,1-3H3/t22-,27?,31-/m1/s1. The highest BCUT2D eigenvalue weighted by Crippen LogP contribution is 2.37. The lowest BCUT2D eigenvalue weighted by Crippen LogP contribution is -2.40. The average Bonchev–Trinajstić information content (AvgIpc) is 3.64. The predicted octanol–water partition coefficient (Wildman–Crippen LogP) is 5.87. The molecule has 1 fully saturated rings. The highest BCUT2D eigenvalue weighted by atomic mass is 19.1. The van der Waals surface area contributed by atoms with E-state index >= 15 is 4.39 Å². The number of aromatic nitrogens is 5. The molecule has 1 unspecified atom stereocenters. The van der Waals surface area contributed by atoms with Crippen LogP contribution in [-0.4, -0.2) is 55.5 Å². The molecule has 2 aromatic heterocycles. The molecule has 1 N–H and O–H groups in total. The van der Waals surface area contributed by atoms with Crippen LogP contribution in [-0.2, 0) is 16.9 Å². The summed E-state index contributed by atoms with van der Waals surface area (Å²) in [4.78, 5) is 6.39. The van der Waals surface area contributed by atoms with Crippen molar-refractivity contribution in [1.29, 1.82) is 0 Å². The van der Waals surface area contributed by atoms with E-state index < -0.39 is 23.3 Å². The molecule has 0 amide bonds. The van der Waals surface area contributed by atoms with E-state index in [-0.39, 0.29) is 18.2 Å². The van der Waals surface area contributed by atoms with Crippen molar-refractivity contribution in [2.75, 3.05) is 24.6 Å². The van der Waals surface area contributed by atoms with E-state index in [0.717, 1.165) is 74.1 Å². The van der Waals surface area contributed by atoms with Gasteiger partial charge in [-0.25, -0.2) is 18.4 Å². The van der Waals surface area contributed by atoms with Gasteiger partial charge < -0.3 is 14.7 Å². The maximum absolute atomic E-state index is 15.1. The summed E-state index contributed by atoms with van der Waals surface area (Å²) in [6, 6.07) is 8.70. The first-order valence-electron chi connectivity index (χ1n) is 14.7. The number of nitrogens with zero attached hydrogens (tertiary/aromatic N) is 6. The summed E-state index contributed by atoms with van der Waals surface area (Å²) in [6.07, 6.45) is 10.5. The molecule has 3 atom stereocenters. The van der Waals surface area contributed by atoms with Crippen molar-refractivity contribution in [3.05, 3.63) is 72.4 Å². The van der Waals surface area contributed by atoms with Crippen molar-refractivity contribution in [1.82, 2.24) is 24.5 Å². The van der Waals surface area contributed by atoms with Gasteiger partial charge in [0.2, 0.25) is 0 Å². The molecule has 41 heavy (non-hydrogen) atoms. The van der Waals surface area contributed by atoms with Gasteiger partial charge in [0.15, 0.2) is 0 Å². The summed E-state index contributed by atoms with van der Waals surface area (Å²) in [5.74, 6) is -0.967. The number of benzene rings is 2. The normalized spacial score (nSPS) is 18.1. The zero-order chi connectivity index (χ0) is 29.0. The van der Waals surface area contributed by atoms with E-state index in [1.807, 2.05) is 12.3 Å². The Kier molecular flexibility index (Phi) is 8.99. The summed E-state index contributed by atoms with van der Waals surface area (Å²) in [5, 5.41) is 21.8. The van der Waals surface area contributed by atoms with E-state index in [9.17, 15) is 9.50 Å². The summed E-state index contributed by atoms with van der Waals surface area (Å²) < 4.78 is 38.0. The lowest BCUT2D eigenvalue weighted by molar-refractivity contribution is -0.0366. The third kappa shape index (κ3) is 6.43. The Balaban J connectivity index is 1.48. The Bertz CT molecular complexity index is 1420. The van der Waals surface area contributed by atoms with Crippen molar-refractivity contribution >= 4 is 16.6 Å². The summed E-state index contributed by atoms with van der Waals surface area (Å²) in [6.45, 7) is 8.76. The second kappa shape index (κ2) is 12.7. The number of hydrogen-bond acceptors (Lipinski definition) is 6. The lowest BCUT2D eigenvalue weighted by Gasteiger charge is -2.34. The molecule has 0 bridgehead atoms. The highest BCUT2D eigenvalue weighted by molar-refractivity contribution is 5.82. The maximum Gasteiger partial charge on any atom is 0.137 e. The van der Waals surface area contributed by atoms with Crippen LogP contribution in [0.4, 0.5) is 14.5 Å². The molecule has 1 saturated heterocycles. The first-order chi connectivity index (χ1) is 19.8. The number of ether oxygens (including phenoxy) is 1. The number of anilines is 1. The molecule has 0 aliphatic carbocycles. The highest BCUT2D eigenvalue weighted by Gasteiger charge is 2.41. The van der Waals surface area contributed by atoms with E-state index in [1.165, 1.54) is 29.8 Å². The number of hydrogen-bond donors (Lipinski definition) is 1. The molecule has 0 saturated carbocycles. The zero-order valence-electron chi connectivity index (χ0n) is 24.1. The Hall–Kier alpha value is -3.37. The van der Waals surface area contributed by atoms with E-state index in [2.05, 4.69) is 41.0 Å². The average molecular weight is 567 g/mol. The number of fused-ring (bicyclic) bond motifs is 1. The minimum absolute atomic E-state index is 0.0361. The fourth-order valence-electron chi connectivity index (χ4n) is 5.83. The summed E-state index contributed by atoms with van der Waals surface area (Å²) in [5.41, 5.74) is 0.0369. The topological polar surface area (TPSA) is 81.2 Å². The minimum Gasteiger partial charge on any atom is -0.381 e. The quantitative estimate of drug-likeness (QED) is 0.231. The maximum atomic E-state index is 15.1. The Morgan fingerprint density at radius 3 is 2.66 bits per heavy atom. The number of halogens is 2. The van der Waals surface area contributed by atoms with Crippen LogP contribution >= 0.6 is 0 Å². The smallest absolute Gasteiger partial charge is 0.137 e. The van der Waals surface area contributed by atoms with E-state index in [0.29, 0.717) is 5.92 Å². The lowest BCUT2D eigenvalue weighted by atomic mass is 9.86. The molecule has 10 heteroatoms. The molecule has 5 rings (SSSR count). The third-order valence-corrected chi connectivity index (χ3v) is 8.56. The third-order valence-electron chi connectivity index (χ3n) is 8.56. The molecule has 4 aromatic rings. The molecule has 1 aliphatic rings. The number of rotatable bonds is 12. The molecule has 1 aliphatic heterocycles. The van der Waals surface area contributed by atoms with Crippen LogP contribution in [0.15, 0.2) is 55.2 Å². The molecule has 8 nitrogen and oxygen atoms in total. The second-order valence-electron chi connectivity index (χ2n) is 11.2. The largest absolute Gasteiger partial charge is 0.381 e. The summed E-state index contributed by atoms with van der Waals surface area (Å²) >= 11 is 0. The molecular formula is C31H40F2N6O2. The molecular weight excluding hydrogens is 526 g/mol. The first kappa shape index (κ1) is 29.1. The second-order valence-corrected chi connectivity index (χ2v) is 11.2. The van der Waals surface area contributed by atoms with Crippen LogP contribution in [0, 0.1) is 17.6 Å². The van der Waals surface area contributed by atoms with Gasteiger partial charge in [-0.1, -0.05) is 32.8 Å². The van der Waals surface area contributed by atoms with Crippen LogP contribution in [0.5, 0.6) is 0 Å². The molecule has 0 spiro atoms. The minimum atomic E-state index is -1.80. The van der Waals surface area contributed by atoms with Crippen molar-refractivity contribution in [3.8, 4) is 0 Å². The fourth-order valence-corrected chi connectivity index (χ4v) is 5.83. The van der Waals surface area contributed by atoms with Crippen molar-refractivity contribution in [3.63, 3.8) is 0 Å². The summed E-state index contributed by atoms with van der Waals surface area (Å²) in [7, 11) is 0. The van der Waals surface area contributed by atoms with Crippen molar-refractivity contribution in [2.45, 2.75) is 77.2 Å². The van der Waals surface area contributed by atoms with Crippen LogP contribution < -0.4 is 4.90 Å². The fraction of sp³-hybridized carbons (Fsp3) is 0.516. The van der Waals surface area contributed by atoms with Crippen LogP contribution in [0.2, 0.25) is 0 Å². The van der Waals surface area contributed by atoms with Gasteiger partial charge in [-0.2, -0.15) is 10.2 Å². The Labute approximate surface area is 239 Å². The molecule has 0 radical (unpaired) electrons.